The molecule has 5 heteroatoms. The standard InChI is InChI=1S/C22H32O5/c1-21-9-7-14(23)11-13(21)3-4-15-16-5-6-19(27-12-18(24)20(25)26)22(16,2)10-8-17(15)21/h11,15-19,24H,3-10,12H2,1-2H3,(H,25,26)/t15-,16-,17-,18?,19+,21-,22-/m0/s1. The summed E-state index contributed by atoms with van der Waals surface area (Å²) < 4.78 is 5.94. The van der Waals surface area contributed by atoms with Crippen LogP contribution in [0.3, 0.4) is 0 Å². The Labute approximate surface area is 161 Å². The molecule has 7 atom stereocenters. The lowest BCUT2D eigenvalue weighted by Crippen LogP contribution is -2.51. The molecule has 0 spiro atoms. The summed E-state index contributed by atoms with van der Waals surface area (Å²) in [6.07, 6.45) is 8.74. The van der Waals surface area contributed by atoms with Gasteiger partial charge in [0, 0.05) is 6.42 Å². The van der Waals surface area contributed by atoms with Crippen LogP contribution in [0.25, 0.3) is 0 Å². The van der Waals surface area contributed by atoms with Crippen molar-refractivity contribution in [3.05, 3.63) is 11.6 Å². The fraction of sp³-hybridized carbons (Fsp3) is 0.818. The summed E-state index contributed by atoms with van der Waals surface area (Å²) in [4.78, 5) is 22.8. The van der Waals surface area contributed by atoms with E-state index in [9.17, 15) is 14.7 Å². The SMILES string of the molecule is C[C@]12CC[C@H]3[C@@H](CCC4=CC(=O)CC[C@@]43C)[C@@H]1CC[C@H]2OCC(O)C(=O)O. The van der Waals surface area contributed by atoms with Gasteiger partial charge in [-0.15, -0.1) is 0 Å². The third kappa shape index (κ3) is 2.98. The number of aliphatic hydroxyl groups is 1. The Kier molecular flexibility index (Phi) is 4.75. The molecule has 5 nitrogen and oxygen atoms in total. The maximum absolute atomic E-state index is 11.9. The molecule has 2 N–H and O–H groups in total. The Bertz CT molecular complexity index is 670. The number of aliphatic carboxylic acids is 1. The number of carboxylic acids is 1. The molecule has 0 aromatic carbocycles. The van der Waals surface area contributed by atoms with Crippen molar-refractivity contribution in [2.24, 2.45) is 28.6 Å². The van der Waals surface area contributed by atoms with Gasteiger partial charge in [0.25, 0.3) is 0 Å². The fourth-order valence-corrected chi connectivity index (χ4v) is 7.06. The first-order valence-corrected chi connectivity index (χ1v) is 10.5. The van der Waals surface area contributed by atoms with Crippen LogP contribution in [0.15, 0.2) is 11.6 Å². The van der Waals surface area contributed by atoms with E-state index in [1.54, 1.807) is 0 Å². The van der Waals surface area contributed by atoms with Crippen molar-refractivity contribution >= 4 is 11.8 Å². The Morgan fingerprint density at radius 2 is 1.96 bits per heavy atom. The predicted octanol–water partition coefficient (Wildman–Crippen LogP) is 3.35. The largest absolute Gasteiger partial charge is 0.479 e. The lowest BCUT2D eigenvalue weighted by molar-refractivity contribution is -0.155. The van der Waals surface area contributed by atoms with Gasteiger partial charge in [-0.3, -0.25) is 4.79 Å². The fourth-order valence-electron chi connectivity index (χ4n) is 7.06. The quantitative estimate of drug-likeness (QED) is 0.786. The summed E-state index contributed by atoms with van der Waals surface area (Å²) in [5, 5.41) is 18.5. The lowest BCUT2D eigenvalue weighted by Gasteiger charge is -2.58. The van der Waals surface area contributed by atoms with E-state index in [1.165, 1.54) is 5.57 Å². The molecule has 27 heavy (non-hydrogen) atoms. The number of fused-ring (bicyclic) bond motifs is 5. The average Bonchev–Trinajstić information content (AvgIpc) is 2.96. The highest BCUT2D eigenvalue weighted by atomic mass is 16.5. The first-order chi connectivity index (χ1) is 12.8. The summed E-state index contributed by atoms with van der Waals surface area (Å²) in [6, 6.07) is 0. The number of rotatable bonds is 4. The molecule has 4 aliphatic carbocycles. The van der Waals surface area contributed by atoms with Crippen molar-refractivity contribution in [3.8, 4) is 0 Å². The van der Waals surface area contributed by atoms with Crippen molar-refractivity contribution in [3.63, 3.8) is 0 Å². The van der Waals surface area contributed by atoms with Gasteiger partial charge in [0.2, 0.25) is 0 Å². The predicted molar refractivity (Wildman–Crippen MR) is 100 cm³/mol. The summed E-state index contributed by atoms with van der Waals surface area (Å²) in [5.41, 5.74) is 1.64. The number of ketones is 1. The van der Waals surface area contributed by atoms with Gasteiger partial charge in [0.1, 0.15) is 0 Å². The second-order valence-electron chi connectivity index (χ2n) is 9.77. The zero-order valence-corrected chi connectivity index (χ0v) is 16.4. The van der Waals surface area contributed by atoms with E-state index < -0.39 is 12.1 Å². The maximum atomic E-state index is 11.9. The zero-order chi connectivity index (χ0) is 19.4. The molecule has 3 fully saturated rings. The van der Waals surface area contributed by atoms with Crippen LogP contribution in [0, 0.1) is 28.6 Å². The van der Waals surface area contributed by atoms with E-state index in [0.717, 1.165) is 44.9 Å². The Balaban J connectivity index is 1.51. The van der Waals surface area contributed by atoms with Gasteiger partial charge in [-0.05, 0) is 79.6 Å². The van der Waals surface area contributed by atoms with Crippen LogP contribution in [-0.4, -0.2) is 40.8 Å². The van der Waals surface area contributed by atoms with Crippen molar-refractivity contribution in [2.45, 2.75) is 77.4 Å². The van der Waals surface area contributed by atoms with Crippen molar-refractivity contribution in [1.82, 2.24) is 0 Å². The minimum absolute atomic E-state index is 0.0372. The highest BCUT2D eigenvalue weighted by Crippen LogP contribution is 2.65. The number of carbonyl (C=O) groups is 2. The van der Waals surface area contributed by atoms with E-state index in [0.29, 0.717) is 30.0 Å². The molecule has 0 amide bonds. The molecule has 1 unspecified atom stereocenters. The van der Waals surface area contributed by atoms with Crippen molar-refractivity contribution < 1.29 is 24.5 Å². The van der Waals surface area contributed by atoms with Crippen molar-refractivity contribution in [1.29, 1.82) is 0 Å². The Morgan fingerprint density at radius 3 is 2.70 bits per heavy atom. The number of carbonyl (C=O) groups excluding carboxylic acids is 1. The van der Waals surface area contributed by atoms with E-state index in [2.05, 4.69) is 13.8 Å². The van der Waals surface area contributed by atoms with E-state index in [1.807, 2.05) is 6.08 Å². The van der Waals surface area contributed by atoms with Gasteiger partial charge >= 0.3 is 5.97 Å². The molecule has 0 radical (unpaired) electrons. The number of allylic oxidation sites excluding steroid dienone is 1. The van der Waals surface area contributed by atoms with Gasteiger partial charge in [-0.1, -0.05) is 19.4 Å². The third-order valence-electron chi connectivity index (χ3n) is 8.62. The van der Waals surface area contributed by atoms with E-state index in [-0.39, 0.29) is 23.5 Å². The van der Waals surface area contributed by atoms with Gasteiger partial charge in [0.15, 0.2) is 11.9 Å². The minimum atomic E-state index is -1.44. The molecule has 0 aromatic heterocycles. The molecule has 150 valence electrons. The molecule has 4 aliphatic rings. The average molecular weight is 376 g/mol. The zero-order valence-electron chi connectivity index (χ0n) is 16.4. The van der Waals surface area contributed by atoms with Gasteiger partial charge < -0.3 is 14.9 Å². The number of hydrogen-bond donors (Lipinski definition) is 2. The van der Waals surface area contributed by atoms with Crippen LogP contribution >= 0.6 is 0 Å². The summed E-state index contributed by atoms with van der Waals surface area (Å²) in [6.45, 7) is 4.58. The molecular weight excluding hydrogens is 344 g/mol. The van der Waals surface area contributed by atoms with Crippen LogP contribution < -0.4 is 0 Å². The maximum Gasteiger partial charge on any atom is 0.334 e. The smallest absolute Gasteiger partial charge is 0.334 e. The third-order valence-corrected chi connectivity index (χ3v) is 8.62. The number of aliphatic hydroxyl groups excluding tert-OH is 1. The van der Waals surface area contributed by atoms with Crippen LogP contribution in [0.4, 0.5) is 0 Å². The molecule has 3 saturated carbocycles. The van der Waals surface area contributed by atoms with Gasteiger partial charge in [-0.2, -0.15) is 0 Å². The topological polar surface area (TPSA) is 83.8 Å². The van der Waals surface area contributed by atoms with Crippen LogP contribution in [-0.2, 0) is 14.3 Å². The first-order valence-electron chi connectivity index (χ1n) is 10.5. The second kappa shape index (κ2) is 6.70. The van der Waals surface area contributed by atoms with Crippen LogP contribution in [0.2, 0.25) is 0 Å². The lowest BCUT2D eigenvalue weighted by atomic mass is 9.47. The van der Waals surface area contributed by atoms with E-state index >= 15 is 0 Å². The van der Waals surface area contributed by atoms with Gasteiger partial charge in [-0.25, -0.2) is 4.79 Å². The minimum Gasteiger partial charge on any atom is -0.479 e. The summed E-state index contributed by atoms with van der Waals surface area (Å²) in [5.74, 6) is 0.987. The Hall–Kier alpha value is -1.20. The molecule has 0 aliphatic heterocycles. The first kappa shape index (κ1) is 19.1. The monoisotopic (exact) mass is 376 g/mol. The van der Waals surface area contributed by atoms with Crippen LogP contribution in [0.5, 0.6) is 0 Å². The Morgan fingerprint density at radius 1 is 1.19 bits per heavy atom. The second-order valence-corrected chi connectivity index (χ2v) is 9.77. The van der Waals surface area contributed by atoms with Crippen molar-refractivity contribution in [2.75, 3.05) is 6.61 Å². The molecule has 4 rings (SSSR count). The summed E-state index contributed by atoms with van der Waals surface area (Å²) in [7, 11) is 0. The van der Waals surface area contributed by atoms with E-state index in [4.69, 9.17) is 9.84 Å². The van der Waals surface area contributed by atoms with Crippen LogP contribution in [0.1, 0.15) is 65.2 Å². The highest BCUT2D eigenvalue weighted by Gasteiger charge is 2.59. The molecular formula is C22H32O5. The highest BCUT2D eigenvalue weighted by molar-refractivity contribution is 5.91. The van der Waals surface area contributed by atoms with Gasteiger partial charge in [0.05, 0.1) is 12.7 Å². The summed E-state index contributed by atoms with van der Waals surface area (Å²) >= 11 is 0. The normalized spacial score (nSPS) is 44.7. The number of hydrogen-bond acceptors (Lipinski definition) is 4. The molecule has 0 aromatic rings. The molecule has 0 saturated heterocycles. The molecule has 0 heterocycles. The molecule has 0 bridgehead atoms. The number of carboxylic acid groups (broad SMARTS) is 1. The number of ether oxygens (including phenoxy) is 1.